The molecule has 5 aromatic rings. The van der Waals surface area contributed by atoms with Gasteiger partial charge in [-0.25, -0.2) is 9.78 Å². The van der Waals surface area contributed by atoms with Crippen LogP contribution in [0.1, 0.15) is 5.56 Å². The average Bonchev–Trinajstić information content (AvgIpc) is 3.25. The molecule has 8 nitrogen and oxygen atoms in total. The van der Waals surface area contributed by atoms with E-state index in [0.29, 0.717) is 38.6 Å². The zero-order valence-corrected chi connectivity index (χ0v) is 18.3. The number of carboxylic acids is 1. The first kappa shape index (κ1) is 21.4. The summed E-state index contributed by atoms with van der Waals surface area (Å²) in [6.07, 6.45) is 1.41. The Hall–Kier alpha value is -4.43. The fourth-order valence-electron chi connectivity index (χ4n) is 3.49. The third-order valence-corrected chi connectivity index (χ3v) is 5.27. The molecule has 0 aliphatic carbocycles. The number of rotatable bonds is 6. The third-order valence-electron chi connectivity index (χ3n) is 5.03. The molecule has 0 aliphatic heterocycles. The van der Waals surface area contributed by atoms with Gasteiger partial charge in [-0.2, -0.15) is 9.78 Å². The van der Waals surface area contributed by atoms with Crippen molar-refractivity contribution in [3.63, 3.8) is 0 Å². The molecule has 0 bridgehead atoms. The number of halogens is 1. The topological polar surface area (TPSA) is 107 Å². The second-order valence-electron chi connectivity index (χ2n) is 7.33. The van der Waals surface area contributed by atoms with Gasteiger partial charge in [0.1, 0.15) is 11.3 Å². The van der Waals surface area contributed by atoms with Gasteiger partial charge in [0.25, 0.3) is 5.56 Å². The molecule has 34 heavy (non-hydrogen) atoms. The van der Waals surface area contributed by atoms with Gasteiger partial charge < -0.3 is 14.3 Å². The summed E-state index contributed by atoms with van der Waals surface area (Å²) in [6.45, 7) is -0.505. The monoisotopic (exact) mass is 473 g/mol. The first-order valence-corrected chi connectivity index (χ1v) is 10.6. The van der Waals surface area contributed by atoms with E-state index < -0.39 is 12.6 Å². The number of carbonyl (C=O) groups is 1. The van der Waals surface area contributed by atoms with Crippen LogP contribution in [0.3, 0.4) is 0 Å². The minimum atomic E-state index is -1.10. The molecule has 0 radical (unpaired) electrons. The van der Waals surface area contributed by atoms with Gasteiger partial charge in [0.15, 0.2) is 12.4 Å². The smallest absolute Gasteiger partial charge is 0.341 e. The summed E-state index contributed by atoms with van der Waals surface area (Å²) in [5, 5.41) is 15.0. The van der Waals surface area contributed by atoms with Crippen LogP contribution in [-0.2, 0) is 4.79 Å². The van der Waals surface area contributed by atoms with Crippen molar-refractivity contribution in [3.8, 4) is 17.3 Å². The first-order chi connectivity index (χ1) is 16.5. The predicted molar refractivity (Wildman–Crippen MR) is 129 cm³/mol. The number of hydrogen-bond donors (Lipinski definition) is 1. The molecule has 9 heteroatoms. The van der Waals surface area contributed by atoms with Crippen LogP contribution in [0.4, 0.5) is 0 Å². The Balaban J connectivity index is 1.67. The highest BCUT2D eigenvalue weighted by atomic mass is 35.5. The number of para-hydroxylation sites is 2. The molecule has 0 atom stereocenters. The molecular formula is C25H16ClN3O5. The molecule has 0 unspecified atom stereocenters. The number of benzene rings is 3. The second-order valence-corrected chi connectivity index (χ2v) is 7.76. The maximum absolute atomic E-state index is 13.4. The van der Waals surface area contributed by atoms with Crippen molar-refractivity contribution in [2.45, 2.75) is 0 Å². The number of fused-ring (bicyclic) bond motifs is 2. The molecule has 5 rings (SSSR count). The molecule has 0 fully saturated rings. The van der Waals surface area contributed by atoms with Gasteiger partial charge in [0.2, 0.25) is 5.82 Å². The lowest BCUT2D eigenvalue weighted by Gasteiger charge is -2.08. The van der Waals surface area contributed by atoms with Crippen LogP contribution in [-0.4, -0.2) is 33.6 Å². The van der Waals surface area contributed by atoms with Gasteiger partial charge >= 0.3 is 5.97 Å². The molecular weight excluding hydrogens is 458 g/mol. The van der Waals surface area contributed by atoms with E-state index >= 15 is 0 Å². The Morgan fingerprint density at radius 3 is 2.76 bits per heavy atom. The molecule has 1 N–H and O–H groups in total. The Labute approximate surface area is 197 Å². The van der Waals surface area contributed by atoms with E-state index in [1.54, 1.807) is 72.8 Å². The van der Waals surface area contributed by atoms with Gasteiger partial charge in [-0.3, -0.25) is 4.79 Å². The number of carboxylic acid groups (broad SMARTS) is 1. The van der Waals surface area contributed by atoms with Gasteiger partial charge in [-0.1, -0.05) is 35.9 Å². The summed E-state index contributed by atoms with van der Waals surface area (Å²) in [4.78, 5) is 28.9. The summed E-state index contributed by atoms with van der Waals surface area (Å²) >= 11 is 6.10. The van der Waals surface area contributed by atoms with Crippen LogP contribution < -0.4 is 10.3 Å². The molecule has 2 heterocycles. The number of nitrogens with zero attached hydrogens (tertiary/aromatic N) is 3. The zero-order valence-electron chi connectivity index (χ0n) is 17.5. The molecule has 0 saturated heterocycles. The van der Waals surface area contributed by atoms with E-state index in [1.165, 1.54) is 6.21 Å². The Bertz CT molecular complexity index is 1640. The summed E-state index contributed by atoms with van der Waals surface area (Å²) in [7, 11) is 0. The SMILES string of the molecule is O=C(O)COc1ccccc1C=Nn1c(-c2cc3cc(Cl)ccc3o2)nc2ccccc2c1=O. The Morgan fingerprint density at radius 1 is 1.12 bits per heavy atom. The fourth-order valence-corrected chi connectivity index (χ4v) is 3.67. The van der Waals surface area contributed by atoms with Crippen molar-refractivity contribution < 1.29 is 19.1 Å². The Kier molecular flexibility index (Phi) is 5.57. The van der Waals surface area contributed by atoms with Crippen LogP contribution in [0.2, 0.25) is 5.02 Å². The fraction of sp³-hybridized carbons (Fsp3) is 0.0400. The average molecular weight is 474 g/mol. The predicted octanol–water partition coefficient (Wildman–Crippen LogP) is 4.81. The maximum atomic E-state index is 13.4. The van der Waals surface area contributed by atoms with E-state index in [1.807, 2.05) is 0 Å². The maximum Gasteiger partial charge on any atom is 0.341 e. The number of aromatic nitrogens is 2. The Morgan fingerprint density at radius 2 is 1.91 bits per heavy atom. The van der Waals surface area contributed by atoms with Gasteiger partial charge in [0.05, 0.1) is 17.1 Å². The molecule has 0 spiro atoms. The zero-order chi connectivity index (χ0) is 23.7. The highest BCUT2D eigenvalue weighted by Crippen LogP contribution is 2.29. The highest BCUT2D eigenvalue weighted by molar-refractivity contribution is 6.31. The number of ether oxygens (including phenoxy) is 1. The van der Waals surface area contributed by atoms with Crippen molar-refractivity contribution in [3.05, 3.63) is 93.7 Å². The van der Waals surface area contributed by atoms with Crippen molar-refractivity contribution in [2.75, 3.05) is 6.61 Å². The van der Waals surface area contributed by atoms with Crippen LogP contribution in [0, 0.1) is 0 Å². The third kappa shape index (κ3) is 4.14. The first-order valence-electron chi connectivity index (χ1n) is 10.2. The summed E-state index contributed by atoms with van der Waals surface area (Å²) < 4.78 is 12.4. The second kappa shape index (κ2) is 8.84. The summed E-state index contributed by atoms with van der Waals surface area (Å²) in [5.41, 5.74) is 1.19. The van der Waals surface area contributed by atoms with Crippen molar-refractivity contribution in [2.24, 2.45) is 5.10 Å². The van der Waals surface area contributed by atoms with Gasteiger partial charge in [-0.15, -0.1) is 0 Å². The van der Waals surface area contributed by atoms with Crippen LogP contribution in [0.25, 0.3) is 33.5 Å². The quantitative estimate of drug-likeness (QED) is 0.355. The van der Waals surface area contributed by atoms with Crippen LogP contribution >= 0.6 is 11.6 Å². The summed E-state index contributed by atoms with van der Waals surface area (Å²) in [5.74, 6) is -0.242. The van der Waals surface area contributed by atoms with Gasteiger partial charge in [0, 0.05) is 16.0 Å². The summed E-state index contributed by atoms with van der Waals surface area (Å²) in [6, 6.07) is 20.7. The highest BCUT2D eigenvalue weighted by Gasteiger charge is 2.17. The molecule has 0 aliphatic rings. The van der Waals surface area contributed by atoms with Crippen molar-refractivity contribution in [1.82, 2.24) is 9.66 Å². The van der Waals surface area contributed by atoms with Crippen LogP contribution in [0.15, 0.2) is 87.1 Å². The molecule has 2 aromatic heterocycles. The van der Waals surface area contributed by atoms with E-state index in [-0.39, 0.29) is 11.4 Å². The minimum absolute atomic E-state index is 0.205. The van der Waals surface area contributed by atoms with Gasteiger partial charge in [-0.05, 0) is 48.5 Å². The molecule has 168 valence electrons. The lowest BCUT2D eigenvalue weighted by molar-refractivity contribution is -0.139. The lowest BCUT2D eigenvalue weighted by atomic mass is 10.2. The standard InChI is InChI=1S/C25H16ClN3O5/c26-17-9-10-21-16(11-17)12-22(34-21)24-28-19-7-3-2-6-18(19)25(32)29(24)27-13-15-5-1-4-8-20(15)33-14-23(30)31/h1-13H,14H2,(H,30,31). The number of aliphatic carboxylic acids is 1. The minimum Gasteiger partial charge on any atom is -0.481 e. The van der Waals surface area contributed by atoms with E-state index in [2.05, 4.69) is 10.1 Å². The van der Waals surface area contributed by atoms with Crippen LogP contribution in [0.5, 0.6) is 5.75 Å². The van der Waals surface area contributed by atoms with E-state index in [9.17, 15) is 9.59 Å². The lowest BCUT2D eigenvalue weighted by Crippen LogP contribution is -2.20. The van der Waals surface area contributed by atoms with E-state index in [0.717, 1.165) is 10.1 Å². The number of furan rings is 1. The molecule has 0 saturated carbocycles. The molecule has 0 amide bonds. The van der Waals surface area contributed by atoms with Crippen molar-refractivity contribution >= 4 is 45.7 Å². The normalized spacial score (nSPS) is 11.4. The largest absolute Gasteiger partial charge is 0.481 e. The molecule has 3 aromatic carbocycles. The van der Waals surface area contributed by atoms with E-state index in [4.69, 9.17) is 25.9 Å². The van der Waals surface area contributed by atoms with Crippen molar-refractivity contribution in [1.29, 1.82) is 0 Å². The number of hydrogen-bond acceptors (Lipinski definition) is 6.